The maximum atomic E-state index is 12.9. The number of benzene rings is 3. The third-order valence-corrected chi connectivity index (χ3v) is 6.02. The molecule has 174 valence electrons. The van der Waals surface area contributed by atoms with Crippen LogP contribution in [0.3, 0.4) is 0 Å². The molecule has 6 nitrogen and oxygen atoms in total. The van der Waals surface area contributed by atoms with Crippen LogP contribution in [0.5, 0.6) is 0 Å². The standard InChI is InChI=1S/C27H27ClN4O2/c1-2-19-10-3-6-13-22(19)31-26(33)18-32-24-15-8-7-14-23(24)30-25(32)16-9-17-29-27(34)20-11-4-5-12-21(20)28/h3-8,10-15H,2,9,16-18H2,1H3,(H,29,34)(H,31,33). The van der Waals surface area contributed by atoms with Gasteiger partial charge in [0, 0.05) is 18.7 Å². The summed E-state index contributed by atoms with van der Waals surface area (Å²) in [7, 11) is 0. The molecule has 0 atom stereocenters. The summed E-state index contributed by atoms with van der Waals surface area (Å²) < 4.78 is 1.95. The predicted molar refractivity (Wildman–Crippen MR) is 136 cm³/mol. The zero-order valence-corrected chi connectivity index (χ0v) is 19.8. The highest BCUT2D eigenvalue weighted by Crippen LogP contribution is 2.19. The number of aryl methyl sites for hydroxylation is 2. The van der Waals surface area contributed by atoms with Crippen molar-refractivity contribution in [1.29, 1.82) is 0 Å². The molecule has 2 N–H and O–H groups in total. The smallest absolute Gasteiger partial charge is 0.252 e. The van der Waals surface area contributed by atoms with Crippen molar-refractivity contribution in [2.24, 2.45) is 0 Å². The lowest BCUT2D eigenvalue weighted by atomic mass is 10.1. The molecule has 0 saturated heterocycles. The molecule has 0 radical (unpaired) electrons. The van der Waals surface area contributed by atoms with Crippen LogP contribution in [0, 0.1) is 0 Å². The number of rotatable bonds is 9. The van der Waals surface area contributed by atoms with Gasteiger partial charge >= 0.3 is 0 Å². The van der Waals surface area contributed by atoms with E-state index in [2.05, 4.69) is 17.6 Å². The SMILES string of the molecule is CCc1ccccc1NC(=O)Cn1c(CCCNC(=O)c2ccccc2Cl)nc2ccccc21. The molecule has 0 aliphatic heterocycles. The minimum Gasteiger partial charge on any atom is -0.352 e. The molecule has 0 spiro atoms. The van der Waals surface area contributed by atoms with Gasteiger partial charge in [0.2, 0.25) is 5.91 Å². The highest BCUT2D eigenvalue weighted by atomic mass is 35.5. The Morgan fingerprint density at radius 3 is 2.53 bits per heavy atom. The van der Waals surface area contributed by atoms with Crippen LogP contribution in [-0.4, -0.2) is 27.9 Å². The molecule has 0 aliphatic rings. The molecular formula is C27H27ClN4O2. The van der Waals surface area contributed by atoms with E-state index in [9.17, 15) is 9.59 Å². The first-order valence-electron chi connectivity index (χ1n) is 11.4. The molecule has 4 rings (SSSR count). The van der Waals surface area contributed by atoms with E-state index >= 15 is 0 Å². The number of fused-ring (bicyclic) bond motifs is 1. The Morgan fingerprint density at radius 1 is 0.971 bits per heavy atom. The number of carbonyl (C=O) groups excluding carboxylic acids is 2. The number of aromatic nitrogens is 2. The molecule has 1 aromatic heterocycles. The lowest BCUT2D eigenvalue weighted by Crippen LogP contribution is -2.25. The first-order valence-corrected chi connectivity index (χ1v) is 11.8. The number of hydrogen-bond donors (Lipinski definition) is 2. The van der Waals surface area contributed by atoms with Gasteiger partial charge in [0.05, 0.1) is 21.6 Å². The Bertz CT molecular complexity index is 1310. The molecule has 4 aromatic rings. The van der Waals surface area contributed by atoms with Crippen molar-refractivity contribution < 1.29 is 9.59 Å². The molecular weight excluding hydrogens is 448 g/mol. The Hall–Kier alpha value is -3.64. The fourth-order valence-corrected chi connectivity index (χ4v) is 4.19. The quantitative estimate of drug-likeness (QED) is 0.325. The topological polar surface area (TPSA) is 76.0 Å². The second-order valence-corrected chi connectivity index (χ2v) is 8.41. The summed E-state index contributed by atoms with van der Waals surface area (Å²) in [5.41, 5.74) is 4.15. The van der Waals surface area contributed by atoms with Crippen LogP contribution >= 0.6 is 11.6 Å². The molecule has 0 aliphatic carbocycles. The Balaban J connectivity index is 1.43. The highest BCUT2D eigenvalue weighted by molar-refractivity contribution is 6.33. The van der Waals surface area contributed by atoms with Gasteiger partial charge in [-0.1, -0.05) is 61.0 Å². The second-order valence-electron chi connectivity index (χ2n) is 8.00. The Kier molecular flexibility index (Phi) is 7.60. The number of hydrogen-bond acceptors (Lipinski definition) is 3. The number of nitrogens with zero attached hydrogens (tertiary/aromatic N) is 2. The molecule has 3 aromatic carbocycles. The van der Waals surface area contributed by atoms with Crippen LogP contribution in [0.4, 0.5) is 5.69 Å². The average molecular weight is 475 g/mol. The number of anilines is 1. The highest BCUT2D eigenvalue weighted by Gasteiger charge is 2.15. The predicted octanol–water partition coefficient (Wildman–Crippen LogP) is 5.25. The van der Waals surface area contributed by atoms with Crippen LogP contribution in [0.25, 0.3) is 11.0 Å². The van der Waals surface area contributed by atoms with Gasteiger partial charge in [-0.2, -0.15) is 0 Å². The Labute approximate surface area is 204 Å². The van der Waals surface area contributed by atoms with Gasteiger partial charge in [-0.05, 0) is 48.7 Å². The molecule has 34 heavy (non-hydrogen) atoms. The lowest BCUT2D eigenvalue weighted by Gasteiger charge is -2.12. The van der Waals surface area contributed by atoms with Crippen molar-refractivity contribution in [2.75, 3.05) is 11.9 Å². The minimum absolute atomic E-state index is 0.0997. The lowest BCUT2D eigenvalue weighted by molar-refractivity contribution is -0.116. The summed E-state index contributed by atoms with van der Waals surface area (Å²) in [5, 5.41) is 6.38. The van der Waals surface area contributed by atoms with Crippen molar-refractivity contribution in [3.8, 4) is 0 Å². The van der Waals surface area contributed by atoms with Gasteiger partial charge in [-0.3, -0.25) is 9.59 Å². The summed E-state index contributed by atoms with van der Waals surface area (Å²) in [5.74, 6) is 0.512. The van der Waals surface area contributed by atoms with Gasteiger partial charge in [-0.25, -0.2) is 4.98 Å². The number of carbonyl (C=O) groups is 2. The van der Waals surface area contributed by atoms with Gasteiger partial charge < -0.3 is 15.2 Å². The van der Waals surface area contributed by atoms with Crippen LogP contribution < -0.4 is 10.6 Å². The van der Waals surface area contributed by atoms with Crippen LogP contribution in [0.2, 0.25) is 5.02 Å². The zero-order valence-electron chi connectivity index (χ0n) is 19.1. The van der Waals surface area contributed by atoms with E-state index in [0.29, 0.717) is 30.0 Å². The fraction of sp³-hybridized carbons (Fsp3) is 0.222. The summed E-state index contributed by atoms with van der Waals surface area (Å²) in [6.07, 6.45) is 2.14. The third kappa shape index (κ3) is 5.46. The average Bonchev–Trinajstić information content (AvgIpc) is 3.19. The van der Waals surface area contributed by atoms with Gasteiger partial charge in [0.25, 0.3) is 5.91 Å². The number of para-hydroxylation sites is 3. The maximum Gasteiger partial charge on any atom is 0.252 e. The molecule has 0 fully saturated rings. The third-order valence-electron chi connectivity index (χ3n) is 5.69. The van der Waals surface area contributed by atoms with Crippen LogP contribution in [-0.2, 0) is 24.2 Å². The number of nitrogens with one attached hydrogen (secondary N) is 2. The molecule has 7 heteroatoms. The zero-order chi connectivity index (χ0) is 23.9. The van der Waals surface area contributed by atoms with E-state index in [1.807, 2.05) is 53.1 Å². The summed E-state index contributed by atoms with van der Waals surface area (Å²) in [4.78, 5) is 30.1. The normalized spacial score (nSPS) is 10.9. The molecule has 2 amide bonds. The van der Waals surface area contributed by atoms with Crippen molar-refractivity contribution in [3.05, 3.63) is 94.8 Å². The van der Waals surface area contributed by atoms with E-state index < -0.39 is 0 Å². The van der Waals surface area contributed by atoms with Crippen molar-refractivity contribution in [3.63, 3.8) is 0 Å². The molecule has 0 unspecified atom stereocenters. The van der Waals surface area contributed by atoms with Crippen molar-refractivity contribution in [2.45, 2.75) is 32.7 Å². The number of imidazole rings is 1. The summed E-state index contributed by atoms with van der Waals surface area (Å²) in [6, 6.07) is 22.6. The largest absolute Gasteiger partial charge is 0.352 e. The van der Waals surface area contributed by atoms with Crippen LogP contribution in [0.1, 0.15) is 35.1 Å². The van der Waals surface area contributed by atoms with Crippen molar-refractivity contribution in [1.82, 2.24) is 14.9 Å². The second kappa shape index (κ2) is 11.0. The number of amides is 2. The maximum absolute atomic E-state index is 12.9. The molecule has 0 saturated carbocycles. The van der Waals surface area contributed by atoms with E-state index in [1.54, 1.807) is 24.3 Å². The monoisotopic (exact) mass is 474 g/mol. The van der Waals surface area contributed by atoms with Gasteiger partial charge in [0.1, 0.15) is 12.4 Å². The molecule has 1 heterocycles. The first kappa shape index (κ1) is 23.5. The summed E-state index contributed by atoms with van der Waals surface area (Å²) in [6.45, 7) is 2.71. The van der Waals surface area contributed by atoms with Crippen molar-refractivity contribution >= 4 is 40.1 Å². The van der Waals surface area contributed by atoms with E-state index in [1.165, 1.54) is 0 Å². The van der Waals surface area contributed by atoms with Gasteiger partial charge in [-0.15, -0.1) is 0 Å². The van der Waals surface area contributed by atoms with Gasteiger partial charge in [0.15, 0.2) is 0 Å². The van der Waals surface area contributed by atoms with E-state index in [4.69, 9.17) is 16.6 Å². The summed E-state index contributed by atoms with van der Waals surface area (Å²) >= 11 is 6.11. The Morgan fingerprint density at radius 2 is 1.71 bits per heavy atom. The first-order chi connectivity index (χ1) is 16.6. The fourth-order valence-electron chi connectivity index (χ4n) is 3.97. The van der Waals surface area contributed by atoms with Crippen LogP contribution in [0.15, 0.2) is 72.8 Å². The van der Waals surface area contributed by atoms with E-state index in [-0.39, 0.29) is 18.4 Å². The number of halogens is 1. The minimum atomic E-state index is -0.201. The molecule has 0 bridgehead atoms. The van der Waals surface area contributed by atoms with E-state index in [0.717, 1.165) is 34.5 Å².